The minimum Gasteiger partial charge on any atom is -0.358 e. The third kappa shape index (κ3) is 5.36. The van der Waals surface area contributed by atoms with Crippen molar-refractivity contribution in [2.24, 2.45) is 5.92 Å². The number of carbonyl (C=O) groups excluding carboxylic acids is 2. The zero-order valence-electron chi connectivity index (χ0n) is 18.7. The summed E-state index contributed by atoms with van der Waals surface area (Å²) in [6.45, 7) is 0.455. The zero-order valence-corrected chi connectivity index (χ0v) is 20.2. The van der Waals surface area contributed by atoms with E-state index in [0.717, 1.165) is 36.6 Å². The summed E-state index contributed by atoms with van der Waals surface area (Å²) in [5.41, 5.74) is 1.27. The van der Waals surface area contributed by atoms with Crippen molar-refractivity contribution in [2.45, 2.75) is 56.4 Å². The lowest BCUT2D eigenvalue weighted by Gasteiger charge is -2.36. The lowest BCUT2D eigenvalue weighted by Crippen LogP contribution is -2.57. The van der Waals surface area contributed by atoms with E-state index in [1.807, 2.05) is 30.4 Å². The number of ether oxygens (including phenoxy) is 1. The van der Waals surface area contributed by atoms with Gasteiger partial charge in [0.05, 0.1) is 17.7 Å². The van der Waals surface area contributed by atoms with Crippen LogP contribution >= 0.6 is 23.2 Å². The van der Waals surface area contributed by atoms with Crippen LogP contribution in [0.25, 0.3) is 10.9 Å². The predicted molar refractivity (Wildman–Crippen MR) is 133 cm³/mol. The number of benzene rings is 1. The van der Waals surface area contributed by atoms with Crippen molar-refractivity contribution in [2.75, 3.05) is 6.54 Å². The summed E-state index contributed by atoms with van der Waals surface area (Å²) in [4.78, 5) is 30.1. The number of morpholine rings is 1. The molecule has 1 saturated heterocycles. The third-order valence-corrected chi connectivity index (χ3v) is 7.38. The molecule has 0 bridgehead atoms. The Balaban J connectivity index is 1.09. The topological polar surface area (TPSA) is 80.3 Å². The number of carbonyl (C=O) groups is 2. The number of allylic oxidation sites excluding steroid dienone is 2. The maximum absolute atomic E-state index is 12.8. The number of Topliss-reactive ketones (excluding diaryl/α,β-unsaturated/α-hetero) is 1. The van der Waals surface area contributed by atoms with Gasteiger partial charge in [0.25, 0.3) is 5.91 Å². The van der Waals surface area contributed by atoms with Gasteiger partial charge in [0.15, 0.2) is 5.78 Å². The van der Waals surface area contributed by atoms with Crippen LogP contribution in [0.5, 0.6) is 0 Å². The highest BCUT2D eigenvalue weighted by Crippen LogP contribution is 2.29. The molecule has 5 rings (SSSR count). The normalized spacial score (nSPS) is 28.8. The van der Waals surface area contributed by atoms with E-state index in [-0.39, 0.29) is 29.9 Å². The Labute approximate surface area is 208 Å². The van der Waals surface area contributed by atoms with Gasteiger partial charge in [-0.3, -0.25) is 9.59 Å². The lowest BCUT2D eigenvalue weighted by atomic mass is 9.82. The molecule has 6 nitrogen and oxygen atoms in total. The van der Waals surface area contributed by atoms with E-state index in [9.17, 15) is 9.59 Å². The average Bonchev–Trinajstić information content (AvgIpc) is 2.84. The van der Waals surface area contributed by atoms with Crippen LogP contribution in [0.2, 0.25) is 5.02 Å². The van der Waals surface area contributed by atoms with Gasteiger partial charge in [0.2, 0.25) is 0 Å². The molecule has 1 aliphatic heterocycles. The van der Waals surface area contributed by atoms with E-state index in [1.165, 1.54) is 0 Å². The van der Waals surface area contributed by atoms with Crippen molar-refractivity contribution in [3.63, 3.8) is 0 Å². The minimum atomic E-state index is -0.524. The van der Waals surface area contributed by atoms with Crippen molar-refractivity contribution >= 4 is 45.8 Å². The molecule has 1 amide bonds. The van der Waals surface area contributed by atoms with Gasteiger partial charge >= 0.3 is 0 Å². The molecule has 2 aliphatic carbocycles. The predicted octanol–water partition coefficient (Wildman–Crippen LogP) is 4.55. The van der Waals surface area contributed by atoms with Gasteiger partial charge in [0.1, 0.15) is 11.8 Å². The summed E-state index contributed by atoms with van der Waals surface area (Å²) < 4.78 is 5.98. The summed E-state index contributed by atoms with van der Waals surface area (Å²) >= 11 is 12.1. The first kappa shape index (κ1) is 23.5. The van der Waals surface area contributed by atoms with Gasteiger partial charge in [-0.2, -0.15) is 0 Å². The monoisotopic (exact) mass is 499 g/mol. The van der Waals surface area contributed by atoms with Gasteiger partial charge in [-0.05, 0) is 68.0 Å². The third-order valence-electron chi connectivity index (χ3n) is 6.89. The van der Waals surface area contributed by atoms with E-state index in [2.05, 4.69) is 15.6 Å². The van der Waals surface area contributed by atoms with E-state index < -0.39 is 6.10 Å². The van der Waals surface area contributed by atoms with Crippen LogP contribution in [0.4, 0.5) is 0 Å². The Bertz CT molecular complexity index is 1160. The van der Waals surface area contributed by atoms with E-state index >= 15 is 0 Å². The van der Waals surface area contributed by atoms with E-state index in [4.69, 9.17) is 27.9 Å². The molecule has 3 atom stereocenters. The van der Waals surface area contributed by atoms with E-state index in [1.54, 1.807) is 18.2 Å². The van der Waals surface area contributed by atoms with Gasteiger partial charge < -0.3 is 15.4 Å². The van der Waals surface area contributed by atoms with Crippen LogP contribution in [0.15, 0.2) is 53.6 Å². The molecule has 2 heterocycles. The molecule has 178 valence electrons. The lowest BCUT2D eigenvalue weighted by molar-refractivity contribution is -0.139. The van der Waals surface area contributed by atoms with Crippen LogP contribution in [-0.2, 0) is 9.53 Å². The number of amides is 1. The number of ketones is 1. The van der Waals surface area contributed by atoms with Gasteiger partial charge in [-0.15, -0.1) is 0 Å². The number of nitrogens with one attached hydrogen (secondary N) is 2. The Kier molecular flexibility index (Phi) is 7.02. The van der Waals surface area contributed by atoms with Crippen LogP contribution in [-0.4, -0.2) is 47.5 Å². The second-order valence-corrected chi connectivity index (χ2v) is 10.2. The summed E-state index contributed by atoms with van der Waals surface area (Å²) in [5, 5.41) is 8.73. The molecular formula is C26H27Cl2N3O3. The number of hydrogen-bond donors (Lipinski definition) is 2. The van der Waals surface area contributed by atoms with Crippen LogP contribution in [0.1, 0.15) is 42.6 Å². The number of halogens is 2. The smallest absolute Gasteiger partial charge is 0.250 e. The minimum absolute atomic E-state index is 0.00409. The van der Waals surface area contributed by atoms with Crippen molar-refractivity contribution in [3.8, 4) is 0 Å². The molecule has 1 aromatic heterocycles. The van der Waals surface area contributed by atoms with E-state index in [0.29, 0.717) is 34.6 Å². The molecule has 3 aliphatic rings. The highest BCUT2D eigenvalue weighted by Gasteiger charge is 2.34. The summed E-state index contributed by atoms with van der Waals surface area (Å²) in [5.74, 6) is 0.288. The molecule has 0 radical (unpaired) electrons. The zero-order chi connectivity index (χ0) is 23.7. The number of rotatable bonds is 5. The van der Waals surface area contributed by atoms with Crippen molar-refractivity contribution in [1.82, 2.24) is 15.6 Å². The fourth-order valence-electron chi connectivity index (χ4n) is 4.99. The summed E-state index contributed by atoms with van der Waals surface area (Å²) in [7, 11) is 0. The second-order valence-electron chi connectivity index (χ2n) is 9.32. The number of nitrogens with zero attached hydrogens (tertiary/aromatic N) is 1. The molecule has 2 aromatic rings. The SMILES string of the molecule is O=C(CC1CCC(NC(=O)C2CNC3C=C(Cl)C=CC3O2)CC1)c1ccc2cc(Cl)ccc2n1. The van der Waals surface area contributed by atoms with Gasteiger partial charge in [-0.25, -0.2) is 4.98 Å². The standard InChI is InChI=1S/C26H27Cl2N3O3/c27-17-4-9-20-16(12-17)3-8-21(31-20)23(32)11-15-1-6-19(7-2-15)30-26(33)25-14-29-22-13-18(28)5-10-24(22)34-25/h3-5,8-10,12-13,15,19,22,24-25,29H,1-2,6-7,11,14H2,(H,30,33). The Morgan fingerprint density at radius 3 is 2.76 bits per heavy atom. The Morgan fingerprint density at radius 1 is 1.12 bits per heavy atom. The number of aromatic nitrogens is 1. The maximum atomic E-state index is 12.8. The first-order valence-electron chi connectivity index (χ1n) is 11.8. The van der Waals surface area contributed by atoms with Crippen LogP contribution in [0, 0.1) is 5.92 Å². The van der Waals surface area contributed by atoms with Crippen molar-refractivity contribution in [1.29, 1.82) is 0 Å². The molecule has 34 heavy (non-hydrogen) atoms. The maximum Gasteiger partial charge on any atom is 0.250 e. The molecule has 1 aromatic carbocycles. The fourth-order valence-corrected chi connectivity index (χ4v) is 5.38. The molecule has 1 saturated carbocycles. The number of pyridine rings is 1. The number of hydrogen-bond acceptors (Lipinski definition) is 5. The molecule has 2 N–H and O–H groups in total. The average molecular weight is 500 g/mol. The van der Waals surface area contributed by atoms with Crippen LogP contribution in [0.3, 0.4) is 0 Å². The van der Waals surface area contributed by atoms with Gasteiger partial charge in [-0.1, -0.05) is 35.3 Å². The summed E-state index contributed by atoms with van der Waals surface area (Å²) in [6.07, 6.45) is 8.90. The first-order chi connectivity index (χ1) is 16.4. The molecule has 3 unspecified atom stereocenters. The molecule has 0 spiro atoms. The number of fused-ring (bicyclic) bond motifs is 2. The molecular weight excluding hydrogens is 473 g/mol. The second kappa shape index (κ2) is 10.2. The fraction of sp³-hybridized carbons (Fsp3) is 0.423. The quantitative estimate of drug-likeness (QED) is 0.589. The highest BCUT2D eigenvalue weighted by molar-refractivity contribution is 6.31. The van der Waals surface area contributed by atoms with Gasteiger partial charge in [0, 0.05) is 34.4 Å². The summed E-state index contributed by atoms with van der Waals surface area (Å²) in [6, 6.07) is 9.26. The molecule has 2 fully saturated rings. The molecule has 8 heteroatoms. The highest BCUT2D eigenvalue weighted by atomic mass is 35.5. The van der Waals surface area contributed by atoms with Crippen LogP contribution < -0.4 is 10.6 Å². The Morgan fingerprint density at radius 2 is 1.94 bits per heavy atom. The Hall–Kier alpha value is -2.25. The van der Waals surface area contributed by atoms with Crippen molar-refractivity contribution < 1.29 is 14.3 Å². The largest absolute Gasteiger partial charge is 0.358 e. The van der Waals surface area contributed by atoms with Crippen molar-refractivity contribution in [3.05, 3.63) is 64.3 Å². The first-order valence-corrected chi connectivity index (χ1v) is 12.5.